The fourth-order valence-electron chi connectivity index (χ4n) is 4.57. The van der Waals surface area contributed by atoms with Crippen LogP contribution in [0.4, 0.5) is 11.4 Å². The van der Waals surface area contributed by atoms with Crippen molar-refractivity contribution in [2.45, 2.75) is 12.8 Å². The SMILES string of the molecule is O=C(CCC(=O)NNc1c2ccccc2nc2ccccc12)NNc1c2ccccc2nc2ccccc12. The summed E-state index contributed by atoms with van der Waals surface area (Å²) in [7, 11) is 0. The van der Waals surface area contributed by atoms with Gasteiger partial charge in [0.25, 0.3) is 0 Å². The maximum atomic E-state index is 12.6. The summed E-state index contributed by atoms with van der Waals surface area (Å²) in [6.45, 7) is 0. The molecule has 0 saturated carbocycles. The van der Waals surface area contributed by atoms with Crippen molar-refractivity contribution in [2.75, 3.05) is 10.9 Å². The Labute approximate surface area is 218 Å². The number of benzene rings is 4. The number of anilines is 2. The Kier molecular flexibility index (Phi) is 6.11. The number of hydrogen-bond donors (Lipinski definition) is 4. The van der Waals surface area contributed by atoms with E-state index < -0.39 is 0 Å². The second-order valence-electron chi connectivity index (χ2n) is 8.89. The molecule has 186 valence electrons. The first-order valence-electron chi connectivity index (χ1n) is 12.3. The van der Waals surface area contributed by atoms with Gasteiger partial charge in [-0.25, -0.2) is 9.97 Å². The maximum absolute atomic E-state index is 12.6. The monoisotopic (exact) mass is 500 g/mol. The van der Waals surface area contributed by atoms with Gasteiger partial charge in [0, 0.05) is 34.4 Å². The van der Waals surface area contributed by atoms with E-state index in [0.29, 0.717) is 0 Å². The van der Waals surface area contributed by atoms with Gasteiger partial charge in [-0.1, -0.05) is 72.8 Å². The van der Waals surface area contributed by atoms with E-state index in [9.17, 15) is 9.59 Å². The van der Waals surface area contributed by atoms with Crippen molar-refractivity contribution in [1.29, 1.82) is 0 Å². The van der Waals surface area contributed by atoms with Gasteiger partial charge in [0.05, 0.1) is 33.4 Å². The van der Waals surface area contributed by atoms with E-state index in [1.54, 1.807) is 0 Å². The molecule has 38 heavy (non-hydrogen) atoms. The van der Waals surface area contributed by atoms with Crippen molar-refractivity contribution in [3.8, 4) is 0 Å². The molecule has 0 aliphatic rings. The number of para-hydroxylation sites is 4. The third kappa shape index (κ3) is 4.51. The summed E-state index contributed by atoms with van der Waals surface area (Å²) in [5.41, 5.74) is 16.4. The number of hydrogen-bond acceptors (Lipinski definition) is 6. The molecular formula is C30H24N6O2. The quantitative estimate of drug-likeness (QED) is 0.171. The minimum atomic E-state index is -0.301. The Hall–Kier alpha value is -5.24. The number of aromatic nitrogens is 2. The van der Waals surface area contributed by atoms with Crippen LogP contribution >= 0.6 is 0 Å². The first-order valence-corrected chi connectivity index (χ1v) is 12.3. The number of rotatable bonds is 7. The van der Waals surface area contributed by atoms with Crippen LogP contribution in [0.3, 0.4) is 0 Å². The molecule has 6 rings (SSSR count). The molecule has 2 amide bonds. The van der Waals surface area contributed by atoms with Crippen molar-refractivity contribution in [2.24, 2.45) is 0 Å². The van der Waals surface area contributed by atoms with Crippen molar-refractivity contribution < 1.29 is 9.59 Å². The Balaban J connectivity index is 1.11. The molecule has 0 spiro atoms. The molecular weight excluding hydrogens is 476 g/mol. The highest BCUT2D eigenvalue weighted by atomic mass is 16.2. The largest absolute Gasteiger partial charge is 0.297 e. The highest BCUT2D eigenvalue weighted by Crippen LogP contribution is 2.31. The van der Waals surface area contributed by atoms with Crippen LogP contribution in [0.1, 0.15) is 12.8 Å². The van der Waals surface area contributed by atoms with E-state index in [-0.39, 0.29) is 24.7 Å². The number of amides is 2. The van der Waals surface area contributed by atoms with Crippen LogP contribution in [0, 0.1) is 0 Å². The molecule has 0 saturated heterocycles. The van der Waals surface area contributed by atoms with E-state index in [4.69, 9.17) is 9.97 Å². The fourth-order valence-corrected chi connectivity index (χ4v) is 4.57. The summed E-state index contributed by atoms with van der Waals surface area (Å²) >= 11 is 0. The van der Waals surface area contributed by atoms with Gasteiger partial charge in [0.1, 0.15) is 0 Å². The van der Waals surface area contributed by atoms with E-state index >= 15 is 0 Å². The minimum absolute atomic E-state index is 0.0132. The molecule has 4 aromatic carbocycles. The average Bonchev–Trinajstić information content (AvgIpc) is 2.96. The predicted octanol–water partition coefficient (Wildman–Crippen LogP) is 5.46. The van der Waals surface area contributed by atoms with Crippen LogP contribution in [0.25, 0.3) is 43.6 Å². The molecule has 0 aliphatic heterocycles. The zero-order valence-electron chi connectivity index (χ0n) is 20.4. The molecule has 0 radical (unpaired) electrons. The zero-order valence-corrected chi connectivity index (χ0v) is 20.4. The van der Waals surface area contributed by atoms with Gasteiger partial charge in [-0.2, -0.15) is 0 Å². The van der Waals surface area contributed by atoms with Crippen molar-refractivity contribution in [3.05, 3.63) is 97.1 Å². The number of carbonyl (C=O) groups excluding carboxylic acids is 2. The number of hydrazine groups is 2. The van der Waals surface area contributed by atoms with Gasteiger partial charge in [0.15, 0.2) is 0 Å². The summed E-state index contributed by atoms with van der Waals surface area (Å²) in [4.78, 5) is 34.6. The number of nitrogens with zero attached hydrogens (tertiary/aromatic N) is 2. The Bertz CT molecular complexity index is 1590. The summed E-state index contributed by atoms with van der Waals surface area (Å²) in [5.74, 6) is -0.602. The number of nitrogens with one attached hydrogen (secondary N) is 4. The third-order valence-corrected chi connectivity index (χ3v) is 6.41. The van der Waals surface area contributed by atoms with Crippen molar-refractivity contribution in [3.63, 3.8) is 0 Å². The third-order valence-electron chi connectivity index (χ3n) is 6.41. The van der Waals surface area contributed by atoms with Crippen molar-refractivity contribution in [1.82, 2.24) is 20.8 Å². The van der Waals surface area contributed by atoms with Gasteiger partial charge in [-0.3, -0.25) is 31.3 Å². The van der Waals surface area contributed by atoms with Gasteiger partial charge >= 0.3 is 0 Å². The molecule has 8 nitrogen and oxygen atoms in total. The Morgan fingerprint density at radius 1 is 0.474 bits per heavy atom. The van der Waals surface area contributed by atoms with Crippen LogP contribution in [-0.2, 0) is 9.59 Å². The number of fused-ring (bicyclic) bond motifs is 4. The maximum Gasteiger partial charge on any atom is 0.238 e. The molecule has 2 aromatic heterocycles. The van der Waals surface area contributed by atoms with Gasteiger partial charge in [0.2, 0.25) is 11.8 Å². The molecule has 0 bridgehead atoms. The predicted molar refractivity (Wildman–Crippen MR) is 151 cm³/mol. The van der Waals surface area contributed by atoms with Crippen LogP contribution < -0.4 is 21.7 Å². The second kappa shape index (κ2) is 10.0. The van der Waals surface area contributed by atoms with E-state index in [0.717, 1.165) is 55.0 Å². The molecule has 6 aromatic rings. The number of pyridine rings is 2. The van der Waals surface area contributed by atoms with Crippen LogP contribution in [0.2, 0.25) is 0 Å². The normalized spacial score (nSPS) is 11.1. The summed E-state index contributed by atoms with van der Waals surface area (Å²) in [6.07, 6.45) is 0.0264. The lowest BCUT2D eigenvalue weighted by Crippen LogP contribution is -2.33. The molecule has 8 heteroatoms. The van der Waals surface area contributed by atoms with Crippen LogP contribution in [0.15, 0.2) is 97.1 Å². The first kappa shape index (κ1) is 23.2. The molecule has 2 heterocycles. The second-order valence-corrected chi connectivity index (χ2v) is 8.89. The summed E-state index contributed by atoms with van der Waals surface area (Å²) in [6, 6.07) is 31.0. The molecule has 0 aliphatic carbocycles. The lowest BCUT2D eigenvalue weighted by Gasteiger charge is -2.15. The summed E-state index contributed by atoms with van der Waals surface area (Å²) in [5, 5.41) is 3.57. The lowest BCUT2D eigenvalue weighted by atomic mass is 10.1. The van der Waals surface area contributed by atoms with E-state index in [1.807, 2.05) is 97.1 Å². The highest BCUT2D eigenvalue weighted by molar-refractivity contribution is 6.08. The molecule has 0 fully saturated rings. The van der Waals surface area contributed by atoms with E-state index in [2.05, 4.69) is 21.7 Å². The average molecular weight is 501 g/mol. The lowest BCUT2D eigenvalue weighted by molar-refractivity contribution is -0.125. The minimum Gasteiger partial charge on any atom is -0.297 e. The van der Waals surface area contributed by atoms with Crippen LogP contribution in [0.5, 0.6) is 0 Å². The Morgan fingerprint density at radius 2 is 0.763 bits per heavy atom. The molecule has 0 unspecified atom stereocenters. The standard InChI is InChI=1S/C30H24N6O2/c37-27(33-35-29-19-9-1-5-13-23(19)31-24-14-6-2-10-20(24)29)17-18-28(38)34-36-30-21-11-3-7-15-25(21)32-26-16-8-4-12-22(26)30/h1-16H,17-18H2,(H,31,35)(H,32,36)(H,33,37)(H,34,38). The van der Waals surface area contributed by atoms with Gasteiger partial charge < -0.3 is 0 Å². The molecule has 4 N–H and O–H groups in total. The van der Waals surface area contributed by atoms with Gasteiger partial charge in [-0.05, 0) is 24.3 Å². The van der Waals surface area contributed by atoms with Crippen molar-refractivity contribution >= 4 is 66.8 Å². The topological polar surface area (TPSA) is 108 Å². The van der Waals surface area contributed by atoms with Gasteiger partial charge in [-0.15, -0.1) is 0 Å². The van der Waals surface area contributed by atoms with Crippen LogP contribution in [-0.4, -0.2) is 21.8 Å². The smallest absolute Gasteiger partial charge is 0.238 e. The zero-order chi connectivity index (χ0) is 25.9. The summed E-state index contributed by atoms with van der Waals surface area (Å²) < 4.78 is 0. The highest BCUT2D eigenvalue weighted by Gasteiger charge is 2.13. The number of carbonyl (C=O) groups is 2. The first-order chi connectivity index (χ1) is 18.7. The fraction of sp³-hybridized carbons (Fsp3) is 0.0667. The van der Waals surface area contributed by atoms with E-state index in [1.165, 1.54) is 0 Å². The molecule has 0 atom stereocenters. The Morgan fingerprint density at radius 3 is 1.08 bits per heavy atom.